The van der Waals surface area contributed by atoms with Crippen molar-refractivity contribution in [2.24, 2.45) is 5.73 Å². The first-order valence-corrected chi connectivity index (χ1v) is 7.97. The number of alkyl halides is 15. The van der Waals surface area contributed by atoms with Crippen LogP contribution in [-0.4, -0.2) is 80.0 Å². The summed E-state index contributed by atoms with van der Waals surface area (Å²) >= 11 is 0. The van der Waals surface area contributed by atoms with E-state index in [2.05, 4.69) is 0 Å². The van der Waals surface area contributed by atoms with E-state index in [0.29, 0.717) is 0 Å². The van der Waals surface area contributed by atoms with Gasteiger partial charge in [-0.15, -0.1) is 0 Å². The molecule has 0 unspecified atom stereocenters. The van der Waals surface area contributed by atoms with Crippen LogP contribution in [0.2, 0.25) is 0 Å². The molecule has 23 heteroatoms. The van der Waals surface area contributed by atoms with Gasteiger partial charge in [0.05, 0.1) is 0 Å². The molecular weight excluding hydrogens is 622 g/mol. The molecule has 0 aliphatic carbocycles. The van der Waals surface area contributed by atoms with Gasteiger partial charge in [-0.3, -0.25) is 0 Å². The monoisotopic (exact) mass is 635 g/mol. The van der Waals surface area contributed by atoms with Gasteiger partial charge < -0.3 is 35.4 Å². The molecule has 0 fully saturated rings. The van der Waals surface area contributed by atoms with Crippen LogP contribution in [0.25, 0.3) is 0 Å². The van der Waals surface area contributed by atoms with E-state index < -0.39 is 73.5 Å². The van der Waals surface area contributed by atoms with E-state index in [-0.39, 0.29) is 16.8 Å². The van der Waals surface area contributed by atoms with E-state index in [4.69, 9.17) is 5.73 Å². The number of hydrogen-bond acceptors (Lipinski definition) is 7. The minimum absolute atomic E-state index is 0. The van der Waals surface area contributed by atoms with Gasteiger partial charge in [-0.25, -0.2) is 13.2 Å². The van der Waals surface area contributed by atoms with Gasteiger partial charge in [-0.2, -0.15) is 52.7 Å². The predicted octanol–water partition coefficient (Wildman–Crippen LogP) is -0.108. The molecule has 0 saturated carbocycles. The van der Waals surface area contributed by atoms with E-state index in [0.717, 1.165) is 6.54 Å². The van der Waals surface area contributed by atoms with E-state index >= 15 is 0 Å². The van der Waals surface area contributed by atoms with Crippen LogP contribution in [0.4, 0.5) is 65.9 Å². The fourth-order valence-electron chi connectivity index (χ4n) is 0.700. The quantitative estimate of drug-likeness (QED) is 0.348. The van der Waals surface area contributed by atoms with Gasteiger partial charge >= 0.3 is 52.3 Å². The summed E-state index contributed by atoms with van der Waals surface area (Å²) in [6.45, 7) is -5.57. The summed E-state index contributed by atoms with van der Waals surface area (Å²) in [5, 5.41) is 28.0. The van der Waals surface area contributed by atoms with Crippen LogP contribution in [0.5, 0.6) is 0 Å². The van der Waals surface area contributed by atoms with E-state index in [1.165, 1.54) is 0 Å². The number of carbonyl (C=O) groups is 3. The SMILES string of the molecule is CCN.O=C([O-])C(F)(F)C(F)(F)CF.O=C([O-])C(F)(F)C(F)(F)CF.O=C([O-])C(F)(F)C(F)(F)CF.[Co+3]. The Labute approximate surface area is 206 Å². The van der Waals surface area contributed by atoms with Crippen molar-refractivity contribution >= 4 is 17.9 Å². The number of carboxylic acids is 3. The molecule has 0 amide bonds. The van der Waals surface area contributed by atoms with Crippen LogP contribution in [0.3, 0.4) is 0 Å². The maximum atomic E-state index is 11.7. The molecule has 7 nitrogen and oxygen atoms in total. The zero-order valence-electron chi connectivity index (χ0n) is 17.4. The minimum Gasteiger partial charge on any atom is -0.544 e. The Morgan fingerprint density at radius 3 is 0.676 bits per heavy atom. The van der Waals surface area contributed by atoms with Gasteiger partial charge in [-0.1, -0.05) is 6.92 Å². The summed E-state index contributed by atoms with van der Waals surface area (Å²) in [5.74, 6) is -41.9. The Bertz CT molecular complexity index is 619. The molecule has 0 bridgehead atoms. The van der Waals surface area contributed by atoms with E-state index in [9.17, 15) is 95.6 Å². The second-order valence-corrected chi connectivity index (χ2v) is 5.51. The Hall–Kier alpha value is -2.17. The van der Waals surface area contributed by atoms with Crippen molar-refractivity contribution in [3.63, 3.8) is 0 Å². The van der Waals surface area contributed by atoms with Crippen molar-refractivity contribution < 1.29 is 112 Å². The Morgan fingerprint density at radius 2 is 0.649 bits per heavy atom. The van der Waals surface area contributed by atoms with Crippen molar-refractivity contribution in [1.82, 2.24) is 0 Å². The Morgan fingerprint density at radius 1 is 0.541 bits per heavy atom. The van der Waals surface area contributed by atoms with E-state index in [1.54, 1.807) is 0 Å². The molecule has 0 aromatic rings. The average Bonchev–Trinajstić information content (AvgIpc) is 2.74. The maximum Gasteiger partial charge on any atom is 3.00 e. The third kappa shape index (κ3) is 12.8. The number of aliphatic carboxylic acids is 3. The normalized spacial score (nSPS) is 12.2. The van der Waals surface area contributed by atoms with Crippen LogP contribution in [0.1, 0.15) is 6.92 Å². The molecule has 224 valence electrons. The molecule has 0 aromatic carbocycles. The van der Waals surface area contributed by atoms with Crippen molar-refractivity contribution in [1.29, 1.82) is 0 Å². The predicted molar refractivity (Wildman–Crippen MR) is 77.4 cm³/mol. The van der Waals surface area contributed by atoms with Gasteiger partial charge in [0.15, 0.2) is 20.0 Å². The topological polar surface area (TPSA) is 146 Å². The summed E-state index contributed by atoms with van der Waals surface area (Å²) in [6, 6.07) is 0. The van der Waals surface area contributed by atoms with Crippen LogP contribution >= 0.6 is 0 Å². The van der Waals surface area contributed by atoms with Crippen molar-refractivity contribution in [2.45, 2.75) is 42.5 Å². The van der Waals surface area contributed by atoms with Gasteiger partial charge in [0.25, 0.3) is 0 Å². The molecule has 0 saturated heterocycles. The zero-order chi connectivity index (χ0) is 30.6. The summed E-state index contributed by atoms with van der Waals surface area (Å²) in [4.78, 5) is 28.0. The molecule has 0 rings (SSSR count). The molecule has 0 aliphatic heterocycles. The summed E-state index contributed by atoms with van der Waals surface area (Å²) in [7, 11) is 0. The average molecular weight is 635 g/mol. The first-order valence-electron chi connectivity index (χ1n) is 7.97. The standard InChI is InChI=1S/3C4H3F5O2.C2H7N.Co/c3*5-1-3(6,7)4(8,9)2(10)11;1-2-3;/h3*1H2,(H,10,11);2-3H2,1H3;/q;;;;+3/p-3. The minimum atomic E-state index is -5.46. The summed E-state index contributed by atoms with van der Waals surface area (Å²) in [5.41, 5.74) is 4.85. The molecule has 0 radical (unpaired) electrons. The Balaban J connectivity index is -0.000000129. The maximum absolute atomic E-state index is 11.7. The number of carboxylic acid groups (broad SMARTS) is 3. The third-order valence-electron chi connectivity index (χ3n) is 2.65. The molecule has 0 spiro atoms. The van der Waals surface area contributed by atoms with Gasteiger partial charge in [0.1, 0.15) is 17.9 Å². The molecule has 0 aliphatic rings. The molecular formula is C14H13CoF15NO6. The fraction of sp³-hybridized carbons (Fsp3) is 0.786. The number of hydrogen-bond donors (Lipinski definition) is 1. The second-order valence-electron chi connectivity index (χ2n) is 5.51. The molecule has 2 N–H and O–H groups in total. The van der Waals surface area contributed by atoms with E-state index in [1.807, 2.05) is 6.92 Å². The van der Waals surface area contributed by atoms with Crippen molar-refractivity contribution in [2.75, 3.05) is 26.6 Å². The van der Waals surface area contributed by atoms with Crippen molar-refractivity contribution in [3.8, 4) is 0 Å². The third-order valence-corrected chi connectivity index (χ3v) is 2.65. The smallest absolute Gasteiger partial charge is 0.544 e. The van der Waals surface area contributed by atoms with Crippen LogP contribution in [0, 0.1) is 0 Å². The van der Waals surface area contributed by atoms with Crippen molar-refractivity contribution in [3.05, 3.63) is 0 Å². The molecule has 0 heterocycles. The zero-order valence-corrected chi connectivity index (χ0v) is 18.4. The van der Waals surface area contributed by atoms with Crippen LogP contribution < -0.4 is 21.1 Å². The fourth-order valence-corrected chi connectivity index (χ4v) is 0.700. The Kier molecular flexibility index (Phi) is 20.1. The molecule has 0 atom stereocenters. The van der Waals surface area contributed by atoms with Gasteiger partial charge in [0, 0.05) is 0 Å². The largest absolute Gasteiger partial charge is 3.00 e. The first-order chi connectivity index (χ1) is 15.7. The van der Waals surface area contributed by atoms with Crippen LogP contribution in [-0.2, 0) is 31.2 Å². The van der Waals surface area contributed by atoms with Gasteiger partial charge in [-0.05, 0) is 6.54 Å². The molecule has 0 aromatic heterocycles. The number of carbonyl (C=O) groups excluding carboxylic acids is 3. The number of nitrogens with two attached hydrogens (primary N) is 1. The first kappa shape index (κ1) is 44.8. The number of rotatable bonds is 9. The molecule has 37 heavy (non-hydrogen) atoms. The van der Waals surface area contributed by atoms with Crippen LogP contribution in [0.15, 0.2) is 0 Å². The summed E-state index contributed by atoms with van der Waals surface area (Å²) in [6.07, 6.45) is 0. The second kappa shape index (κ2) is 16.6. The van der Waals surface area contributed by atoms with Gasteiger partial charge in [0.2, 0.25) is 0 Å². The summed E-state index contributed by atoms with van der Waals surface area (Å²) < 4.78 is 173. The number of halogens is 15.